The standard InChI is InChI=1S/C24H24ClFN4O6/c25-13-5-16-23(30-24(28-16)36-18-9-34-20-17(31)8-33-21(18)20)29-22(13)27-15-2-1-10-3-11(4-14(26)19(10)15)35-12-6-32-7-12/h3-5,12,15,17-18,20-21,31H,1-2,6-9H2,(H2,27,28,29,30)/t15?,17-,18-,20-,21-/m1/s1. The monoisotopic (exact) mass is 518 g/mol. The van der Waals surface area contributed by atoms with Gasteiger partial charge in [-0.3, -0.25) is 0 Å². The lowest BCUT2D eigenvalue weighted by Crippen LogP contribution is -2.38. The number of aliphatic hydroxyl groups is 1. The second-order valence-electron chi connectivity index (χ2n) is 9.54. The number of benzene rings is 1. The highest BCUT2D eigenvalue weighted by molar-refractivity contribution is 6.33. The molecule has 0 spiro atoms. The molecule has 3 aliphatic heterocycles. The van der Waals surface area contributed by atoms with Gasteiger partial charge in [-0.2, -0.15) is 4.98 Å². The van der Waals surface area contributed by atoms with Crippen LogP contribution in [0.3, 0.4) is 0 Å². The summed E-state index contributed by atoms with van der Waals surface area (Å²) in [6.45, 7) is 1.57. The molecule has 0 amide bonds. The van der Waals surface area contributed by atoms with Crippen molar-refractivity contribution in [3.63, 3.8) is 0 Å². The van der Waals surface area contributed by atoms with E-state index in [1.54, 1.807) is 6.07 Å². The summed E-state index contributed by atoms with van der Waals surface area (Å²) in [5.74, 6) is 0.623. The lowest BCUT2D eigenvalue weighted by molar-refractivity contribution is -0.0797. The molecule has 5 heterocycles. The van der Waals surface area contributed by atoms with Gasteiger partial charge in [-0.25, -0.2) is 9.37 Å². The summed E-state index contributed by atoms with van der Waals surface area (Å²) in [6, 6.07) is 5.01. The predicted molar refractivity (Wildman–Crippen MR) is 125 cm³/mol. The molecule has 3 saturated heterocycles. The number of aliphatic hydroxyl groups excluding tert-OH is 1. The molecule has 0 bridgehead atoms. The highest BCUT2D eigenvalue weighted by Crippen LogP contribution is 2.39. The summed E-state index contributed by atoms with van der Waals surface area (Å²) in [4.78, 5) is 12.1. The van der Waals surface area contributed by atoms with Crippen molar-refractivity contribution < 1.29 is 33.2 Å². The second-order valence-corrected chi connectivity index (χ2v) is 9.95. The minimum atomic E-state index is -0.657. The number of nitrogens with zero attached hydrogens (tertiary/aromatic N) is 2. The molecular formula is C24H24ClFN4O6. The molecule has 7 rings (SSSR count). The van der Waals surface area contributed by atoms with Gasteiger partial charge >= 0.3 is 0 Å². The van der Waals surface area contributed by atoms with Gasteiger partial charge in [0.05, 0.1) is 43.0 Å². The van der Waals surface area contributed by atoms with Gasteiger partial charge in [0.15, 0.2) is 11.8 Å². The van der Waals surface area contributed by atoms with Gasteiger partial charge < -0.3 is 39.1 Å². The number of aromatic nitrogens is 3. The lowest BCUT2D eigenvalue weighted by Gasteiger charge is -2.27. The van der Waals surface area contributed by atoms with E-state index in [0.717, 1.165) is 5.56 Å². The number of imidazole rings is 1. The SMILES string of the molecule is O[C@@H]1CO[C@H]2[C@@H]1OC[C@H]2Oc1nc2nc(NC3CCc4cc(OC5COC5)cc(F)c43)c(Cl)cc2[nH]1. The summed E-state index contributed by atoms with van der Waals surface area (Å²) < 4.78 is 43.1. The zero-order chi connectivity index (χ0) is 24.4. The van der Waals surface area contributed by atoms with Crippen LogP contribution in [0.25, 0.3) is 11.2 Å². The first-order chi connectivity index (χ1) is 17.5. The smallest absolute Gasteiger partial charge is 0.296 e. The van der Waals surface area contributed by atoms with Gasteiger partial charge in [0, 0.05) is 11.6 Å². The van der Waals surface area contributed by atoms with E-state index in [1.165, 1.54) is 6.07 Å². The Bertz CT molecular complexity index is 1320. The fourth-order valence-electron chi connectivity index (χ4n) is 5.28. The molecule has 0 radical (unpaired) electrons. The number of aromatic amines is 1. The van der Waals surface area contributed by atoms with Crippen LogP contribution in [0.5, 0.6) is 11.8 Å². The fraction of sp³-hybridized carbons (Fsp3) is 0.500. The van der Waals surface area contributed by atoms with E-state index in [4.69, 9.17) is 35.3 Å². The van der Waals surface area contributed by atoms with E-state index in [9.17, 15) is 5.11 Å². The van der Waals surface area contributed by atoms with Crippen LogP contribution >= 0.6 is 11.6 Å². The van der Waals surface area contributed by atoms with Crippen LogP contribution in [0.15, 0.2) is 18.2 Å². The predicted octanol–water partition coefficient (Wildman–Crippen LogP) is 2.53. The fourth-order valence-corrected chi connectivity index (χ4v) is 5.49. The summed E-state index contributed by atoms with van der Waals surface area (Å²) in [5.41, 5.74) is 2.52. The topological polar surface area (TPSA) is 120 Å². The molecule has 36 heavy (non-hydrogen) atoms. The number of hydrogen-bond donors (Lipinski definition) is 3. The highest BCUT2D eigenvalue weighted by atomic mass is 35.5. The minimum absolute atomic E-state index is 0.0184. The van der Waals surface area contributed by atoms with E-state index in [-0.39, 0.29) is 43.3 Å². The number of pyridine rings is 1. The molecule has 1 aliphatic carbocycles. The van der Waals surface area contributed by atoms with Crippen LogP contribution < -0.4 is 14.8 Å². The molecule has 190 valence electrons. The number of ether oxygens (including phenoxy) is 5. The number of aryl methyl sites for hydroxylation is 1. The molecule has 5 atom stereocenters. The Morgan fingerprint density at radius 1 is 1.08 bits per heavy atom. The Morgan fingerprint density at radius 2 is 1.94 bits per heavy atom. The average molecular weight is 519 g/mol. The Morgan fingerprint density at radius 3 is 2.78 bits per heavy atom. The van der Waals surface area contributed by atoms with Crippen LogP contribution in [-0.2, 0) is 20.6 Å². The molecule has 10 nitrogen and oxygen atoms in total. The average Bonchev–Trinajstić information content (AvgIpc) is 3.58. The van der Waals surface area contributed by atoms with Crippen LogP contribution in [0.4, 0.5) is 10.2 Å². The van der Waals surface area contributed by atoms with E-state index < -0.39 is 18.3 Å². The van der Waals surface area contributed by atoms with Crippen molar-refractivity contribution in [2.45, 2.75) is 49.4 Å². The maximum atomic E-state index is 15.1. The summed E-state index contributed by atoms with van der Waals surface area (Å²) >= 11 is 6.52. The zero-order valence-electron chi connectivity index (χ0n) is 19.1. The highest BCUT2D eigenvalue weighted by Gasteiger charge is 2.48. The summed E-state index contributed by atoms with van der Waals surface area (Å²) in [7, 11) is 0. The van der Waals surface area contributed by atoms with Gasteiger partial charge in [-0.1, -0.05) is 11.6 Å². The van der Waals surface area contributed by atoms with Crippen molar-refractivity contribution in [2.24, 2.45) is 0 Å². The quantitative estimate of drug-likeness (QED) is 0.452. The van der Waals surface area contributed by atoms with Crippen LogP contribution in [0, 0.1) is 5.82 Å². The summed E-state index contributed by atoms with van der Waals surface area (Å²) in [5, 5.41) is 13.6. The maximum Gasteiger partial charge on any atom is 0.296 e. The third-order valence-corrected chi connectivity index (χ3v) is 7.40. The molecule has 3 N–H and O–H groups in total. The first-order valence-corrected chi connectivity index (χ1v) is 12.4. The third-order valence-electron chi connectivity index (χ3n) is 7.11. The molecule has 1 unspecified atom stereocenters. The van der Waals surface area contributed by atoms with Gasteiger partial charge in [0.1, 0.15) is 41.8 Å². The molecule has 12 heteroatoms. The minimum Gasteiger partial charge on any atom is -0.485 e. The van der Waals surface area contributed by atoms with Gasteiger partial charge in [0.25, 0.3) is 6.01 Å². The number of rotatable bonds is 6. The normalized spacial score (nSPS) is 29.2. The lowest BCUT2D eigenvalue weighted by atomic mass is 10.1. The molecule has 2 aromatic heterocycles. The van der Waals surface area contributed by atoms with Crippen LogP contribution in [0.1, 0.15) is 23.6 Å². The molecular weight excluding hydrogens is 495 g/mol. The van der Waals surface area contributed by atoms with Gasteiger partial charge in [-0.15, -0.1) is 0 Å². The number of nitrogens with one attached hydrogen (secondary N) is 2. The third kappa shape index (κ3) is 3.86. The van der Waals surface area contributed by atoms with E-state index in [1.807, 2.05) is 6.07 Å². The molecule has 0 saturated carbocycles. The van der Waals surface area contributed by atoms with E-state index >= 15 is 4.39 Å². The van der Waals surface area contributed by atoms with E-state index in [0.29, 0.717) is 59.4 Å². The van der Waals surface area contributed by atoms with Crippen molar-refractivity contribution in [3.8, 4) is 11.8 Å². The van der Waals surface area contributed by atoms with Crippen molar-refractivity contribution in [3.05, 3.63) is 40.2 Å². The second kappa shape index (κ2) is 8.70. The van der Waals surface area contributed by atoms with Crippen molar-refractivity contribution in [1.29, 1.82) is 0 Å². The van der Waals surface area contributed by atoms with Crippen LogP contribution in [-0.4, -0.2) is 77.0 Å². The Balaban J connectivity index is 1.09. The first-order valence-electron chi connectivity index (χ1n) is 12.0. The Kier molecular flexibility index (Phi) is 5.44. The molecule has 1 aromatic carbocycles. The molecule has 3 fully saturated rings. The summed E-state index contributed by atoms with van der Waals surface area (Å²) in [6.07, 6.45) is -0.414. The van der Waals surface area contributed by atoms with Gasteiger partial charge in [0.2, 0.25) is 0 Å². The van der Waals surface area contributed by atoms with Crippen LogP contribution in [0.2, 0.25) is 5.02 Å². The Hall–Kier alpha value is -2.70. The van der Waals surface area contributed by atoms with Gasteiger partial charge in [-0.05, 0) is 30.5 Å². The van der Waals surface area contributed by atoms with Crippen molar-refractivity contribution in [1.82, 2.24) is 15.0 Å². The largest absolute Gasteiger partial charge is 0.485 e. The van der Waals surface area contributed by atoms with Crippen molar-refractivity contribution >= 4 is 28.6 Å². The number of H-pyrrole nitrogens is 1. The Labute approximate surface area is 210 Å². The zero-order valence-corrected chi connectivity index (χ0v) is 19.8. The number of anilines is 1. The van der Waals surface area contributed by atoms with Crippen molar-refractivity contribution in [2.75, 3.05) is 31.7 Å². The molecule has 3 aromatic rings. The maximum absolute atomic E-state index is 15.1. The molecule has 4 aliphatic rings. The first kappa shape index (κ1) is 22.5. The number of hydrogen-bond acceptors (Lipinski definition) is 9. The van der Waals surface area contributed by atoms with E-state index in [2.05, 4.69) is 20.3 Å². The number of halogens is 2. The number of fused-ring (bicyclic) bond motifs is 3.